The van der Waals surface area contributed by atoms with Crippen molar-refractivity contribution < 1.29 is 47.7 Å². The van der Waals surface area contributed by atoms with Gasteiger partial charge in [-0.1, -0.05) is 114 Å². The second kappa shape index (κ2) is 30.8. The van der Waals surface area contributed by atoms with Gasteiger partial charge in [-0.3, -0.25) is 8.80 Å². The second-order valence-electron chi connectivity index (χ2n) is 24.1. The molecule has 1 N–H and O–H groups in total. The molecule has 11 rings (SSSR count). The number of benzene rings is 6. The molecule has 15 heteroatoms. The summed E-state index contributed by atoms with van der Waals surface area (Å²) in [6, 6.07) is 49.2. The Morgan fingerprint density at radius 2 is 0.943 bits per heavy atom. The van der Waals surface area contributed by atoms with Crippen molar-refractivity contribution in [1.29, 1.82) is 0 Å². The fourth-order valence-electron chi connectivity index (χ4n) is 9.96. The summed E-state index contributed by atoms with van der Waals surface area (Å²) in [7, 11) is 6.74. The molecule has 0 aliphatic carbocycles. The molecule has 1 saturated heterocycles. The van der Waals surface area contributed by atoms with Gasteiger partial charge < -0.3 is 45.5 Å². The van der Waals surface area contributed by atoms with Crippen LogP contribution in [0.5, 0.6) is 23.0 Å². The van der Waals surface area contributed by atoms with Crippen LogP contribution in [0.25, 0.3) is 33.4 Å². The summed E-state index contributed by atoms with van der Waals surface area (Å²) in [4.78, 5) is 25.3. The van der Waals surface area contributed by atoms with Gasteiger partial charge in [0, 0.05) is 44.5 Å². The zero-order valence-corrected chi connectivity index (χ0v) is 53.9. The molecule has 0 spiro atoms. The number of epoxide rings is 1. The Bertz CT molecular complexity index is 3640. The molecule has 5 heterocycles. The zero-order chi connectivity index (χ0) is 61.5. The Hall–Kier alpha value is -7.60. The van der Waals surface area contributed by atoms with Gasteiger partial charge in [0.15, 0.2) is 22.9 Å². The number of anilines is 2. The van der Waals surface area contributed by atoms with Crippen molar-refractivity contribution in [2.45, 2.75) is 132 Å². The van der Waals surface area contributed by atoms with Gasteiger partial charge in [-0.05, 0) is 147 Å². The Kier molecular flexibility index (Phi) is 23.7. The molecule has 87 heavy (non-hydrogen) atoms. The smallest absolute Gasteiger partial charge is 0.497 e. The maximum absolute atomic E-state index is 10.9. The van der Waals surface area contributed by atoms with E-state index in [1.54, 1.807) is 28.4 Å². The monoisotopic (exact) mass is 1170 g/mol. The number of unbranched alkanes of at least 4 members (excludes halogenated alkanes) is 1. The molecule has 0 amide bonds. The summed E-state index contributed by atoms with van der Waals surface area (Å²) < 4.78 is 30.8. The van der Waals surface area contributed by atoms with E-state index in [1.165, 1.54) is 17.5 Å². The first-order valence-corrected chi connectivity index (χ1v) is 30.0. The summed E-state index contributed by atoms with van der Waals surface area (Å²) in [6.07, 6.45) is 6.67. The van der Waals surface area contributed by atoms with Crippen molar-refractivity contribution >= 4 is 45.0 Å². The number of hydrogen-bond donors (Lipinski definition) is 1. The number of imidazole rings is 2. The van der Waals surface area contributed by atoms with Gasteiger partial charge >= 0.3 is 18.9 Å². The third-order valence-electron chi connectivity index (χ3n) is 14.6. The summed E-state index contributed by atoms with van der Waals surface area (Å²) >= 11 is 0. The fraction of sp³-hybridized carbons (Fsp3) is 0.375. The molecule has 1 aliphatic heterocycles. The summed E-state index contributed by atoms with van der Waals surface area (Å²) in [5, 5.41) is 10.9. The molecule has 0 saturated carbocycles. The fourth-order valence-corrected chi connectivity index (χ4v) is 9.96. The van der Waals surface area contributed by atoms with E-state index in [0.29, 0.717) is 44.4 Å². The number of para-hydroxylation sites is 4. The van der Waals surface area contributed by atoms with E-state index >= 15 is 0 Å². The summed E-state index contributed by atoms with van der Waals surface area (Å²) in [5.74, 6) is 5.95. The normalized spacial score (nSPS) is 12.4. The first-order chi connectivity index (χ1) is 41.3. The van der Waals surface area contributed by atoms with Crippen LogP contribution in [-0.4, -0.2) is 80.1 Å². The van der Waals surface area contributed by atoms with E-state index in [9.17, 15) is 5.11 Å². The molecular weight excluding hydrogens is 1080 g/mol. The van der Waals surface area contributed by atoms with E-state index in [0.717, 1.165) is 122 Å². The van der Waals surface area contributed by atoms with Gasteiger partial charge in [0.2, 0.25) is 0 Å². The minimum atomic E-state index is -0.891. The second-order valence-corrected chi connectivity index (χ2v) is 24.1. The van der Waals surface area contributed by atoms with E-state index < -0.39 is 5.60 Å². The van der Waals surface area contributed by atoms with Crippen molar-refractivity contribution in [3.63, 3.8) is 0 Å². The van der Waals surface area contributed by atoms with Gasteiger partial charge in [0.1, 0.15) is 23.0 Å². The molecule has 1 fully saturated rings. The van der Waals surface area contributed by atoms with E-state index in [1.807, 2.05) is 86.6 Å². The molecule has 0 atom stereocenters. The Morgan fingerprint density at radius 1 is 0.575 bits per heavy atom. The van der Waals surface area contributed by atoms with Gasteiger partial charge in [0.25, 0.3) is 0 Å². The van der Waals surface area contributed by atoms with E-state index in [4.69, 9.17) is 43.6 Å². The predicted octanol–water partition coefficient (Wildman–Crippen LogP) is 12.3. The van der Waals surface area contributed by atoms with Crippen LogP contribution in [-0.2, 0) is 50.2 Å². The summed E-state index contributed by atoms with van der Waals surface area (Å²) in [6.45, 7) is 26.0. The van der Waals surface area contributed by atoms with Crippen molar-refractivity contribution in [2.24, 2.45) is 11.8 Å². The molecular formula is C72H89LiN8O6. The molecule has 0 unspecified atom stereocenters. The molecule has 1 aliphatic rings. The topological polar surface area (TPSA) is 137 Å². The third kappa shape index (κ3) is 18.5. The third-order valence-corrected chi connectivity index (χ3v) is 14.6. The molecule has 0 radical (unpaired) electrons. The number of aromatic nitrogens is 6. The summed E-state index contributed by atoms with van der Waals surface area (Å²) in [5.41, 5.74) is 12.7. The minimum absolute atomic E-state index is 0. The SMILES string of the molecule is CC1(C)CO1.COc1ccc(CN(Cc2ccc(OC)cc2)c2nc3ccccc3n3c(CC(C)(C)O)c(CC(C)C)nc23)cc1.COc1ccc(CN(Cc2ccc(OC)cc2)c2nc3ccccc3n3cc(CC(C)C)nc23)cc1.[CH2-]CCC.[Li+]. The van der Waals surface area contributed by atoms with Crippen LogP contribution in [0.3, 0.4) is 0 Å². The van der Waals surface area contributed by atoms with Crippen molar-refractivity contribution in [2.75, 3.05) is 44.8 Å². The van der Waals surface area contributed by atoms with E-state index in [-0.39, 0.29) is 24.5 Å². The number of hydrogen-bond acceptors (Lipinski definition) is 12. The van der Waals surface area contributed by atoms with E-state index in [2.05, 4.69) is 153 Å². The average Bonchev–Trinajstić information content (AvgIpc) is 2.35. The molecule has 6 aromatic carbocycles. The van der Waals surface area contributed by atoms with Crippen LogP contribution in [0.4, 0.5) is 11.6 Å². The average molecular weight is 1170 g/mol. The number of fused-ring (bicyclic) bond motifs is 6. The minimum Gasteiger partial charge on any atom is -0.497 e. The number of rotatable bonds is 21. The van der Waals surface area contributed by atoms with Crippen LogP contribution in [0, 0.1) is 18.8 Å². The number of nitrogens with zero attached hydrogens (tertiary/aromatic N) is 8. The van der Waals surface area contributed by atoms with Gasteiger partial charge in [-0.25, -0.2) is 19.9 Å². The van der Waals surface area contributed by atoms with Crippen LogP contribution < -0.4 is 47.6 Å². The largest absolute Gasteiger partial charge is 1.00 e. The first kappa shape index (κ1) is 66.9. The Morgan fingerprint density at radius 3 is 1.30 bits per heavy atom. The van der Waals surface area contributed by atoms with Crippen LogP contribution in [0.2, 0.25) is 0 Å². The van der Waals surface area contributed by atoms with Crippen LogP contribution in [0.15, 0.2) is 152 Å². The molecule has 0 bridgehead atoms. The quantitative estimate of drug-likeness (QED) is 0.0417. The number of aliphatic hydroxyl groups is 1. The van der Waals surface area contributed by atoms with Crippen LogP contribution in [0.1, 0.15) is 114 Å². The maximum atomic E-state index is 10.9. The van der Waals surface area contributed by atoms with Gasteiger partial charge in [0.05, 0.1) is 79.7 Å². The molecule has 14 nitrogen and oxygen atoms in total. The predicted molar refractivity (Wildman–Crippen MR) is 350 cm³/mol. The van der Waals surface area contributed by atoms with Crippen molar-refractivity contribution in [1.82, 2.24) is 28.7 Å². The van der Waals surface area contributed by atoms with Crippen molar-refractivity contribution in [3.05, 3.63) is 198 Å². The van der Waals surface area contributed by atoms with Gasteiger partial charge in [-0.2, -0.15) is 6.42 Å². The Labute approximate surface area is 528 Å². The molecule has 10 aromatic rings. The molecule has 4 aromatic heterocycles. The Balaban J connectivity index is 0.000000216. The molecule has 454 valence electrons. The van der Waals surface area contributed by atoms with Gasteiger partial charge in [-0.15, -0.1) is 0 Å². The zero-order valence-electron chi connectivity index (χ0n) is 53.9. The first-order valence-electron chi connectivity index (χ1n) is 30.0. The maximum Gasteiger partial charge on any atom is 1.00 e. The number of ether oxygens (including phenoxy) is 5. The van der Waals surface area contributed by atoms with Crippen molar-refractivity contribution in [3.8, 4) is 23.0 Å². The number of methoxy groups -OCH3 is 4. The van der Waals surface area contributed by atoms with Crippen LogP contribution >= 0.6 is 0 Å². The standard InChI is InChI=1S/C34H40N4O3.C30H32N4O2.C4H8O.C4H9.Li/c1-23(2)19-29-31(20-34(3,4)39)38-30-10-8-7-9-28(30)35-32(33(38)36-29)37(21-24-11-15-26(40-5)16-12-24)22-25-13-17-27(41-6)18-14-25;1-21(2)17-24-20-34-28-8-6-5-7-27(28)32-29(30(34)31-24)33(18-22-9-13-25(35-3)14-10-22)19-23-11-15-26(36-4)16-12-23;1-4(2)3-5-4;1-3-4-2;/h7-18,23,39H,19-22H2,1-6H3;5-16,20-21H,17-19H2,1-4H3;3H2,1-2H3;1,3-4H2,2H3;/q;;;-1;+1.